The maximum Gasteiger partial charge on any atom is 0.303 e. The molecule has 0 amide bonds. The predicted octanol–water partition coefficient (Wildman–Crippen LogP) is -0.104. The van der Waals surface area contributed by atoms with Crippen LogP contribution in [0.4, 0.5) is 0 Å². The molecule has 3 N–H and O–H groups in total. The Morgan fingerprint density at radius 2 is 1.56 bits per heavy atom. The SMILES string of the molecule is O=C(O)CCCOCCOCCON(O)O. The molecular weight excluding hydrogens is 222 g/mol. The third-order valence-electron chi connectivity index (χ3n) is 1.49. The summed E-state index contributed by atoms with van der Waals surface area (Å²) in [7, 11) is 0. The summed E-state index contributed by atoms with van der Waals surface area (Å²) in [5.41, 5.74) is 0. The minimum atomic E-state index is -0.838. The van der Waals surface area contributed by atoms with Gasteiger partial charge in [0.25, 0.3) is 0 Å². The van der Waals surface area contributed by atoms with E-state index in [0.29, 0.717) is 26.2 Å². The van der Waals surface area contributed by atoms with E-state index in [1.807, 2.05) is 0 Å². The third kappa shape index (κ3) is 13.2. The van der Waals surface area contributed by atoms with Gasteiger partial charge in [0, 0.05) is 13.0 Å². The number of aliphatic carboxylic acids is 1. The van der Waals surface area contributed by atoms with E-state index in [9.17, 15) is 4.79 Å². The predicted molar refractivity (Wildman–Crippen MR) is 49.9 cm³/mol. The number of nitrogens with zero attached hydrogens (tertiary/aromatic N) is 1. The molecular formula is C8H17NO7. The largest absolute Gasteiger partial charge is 0.481 e. The Balaban J connectivity index is 2.96. The van der Waals surface area contributed by atoms with Crippen molar-refractivity contribution in [2.75, 3.05) is 33.0 Å². The van der Waals surface area contributed by atoms with Gasteiger partial charge in [-0.1, -0.05) is 0 Å². The number of ether oxygens (including phenoxy) is 2. The number of hydrogen-bond acceptors (Lipinski definition) is 7. The molecule has 96 valence electrons. The molecule has 0 fully saturated rings. The number of carboxylic acids is 1. The van der Waals surface area contributed by atoms with Crippen molar-refractivity contribution in [3.63, 3.8) is 0 Å². The molecule has 0 saturated carbocycles. The Labute approximate surface area is 92.8 Å². The Hall–Kier alpha value is -0.770. The van der Waals surface area contributed by atoms with Gasteiger partial charge in [0.15, 0.2) is 0 Å². The van der Waals surface area contributed by atoms with Gasteiger partial charge in [0.05, 0.1) is 31.8 Å². The summed E-state index contributed by atoms with van der Waals surface area (Å²) in [5, 5.41) is 24.2. The summed E-state index contributed by atoms with van der Waals surface area (Å²) in [6.07, 6.45) is 0.569. The molecule has 0 radical (unpaired) electrons. The second kappa shape index (κ2) is 10.7. The van der Waals surface area contributed by atoms with Crippen LogP contribution in [0.25, 0.3) is 0 Å². The fraction of sp³-hybridized carbons (Fsp3) is 0.875. The Bertz CT molecular complexity index is 176. The standard InChI is InChI=1S/C8H17NO7/c10-8(11)2-1-3-14-4-5-15-6-7-16-9(12)13/h12-13H,1-7H2,(H,10,11). The zero-order valence-electron chi connectivity index (χ0n) is 8.87. The van der Waals surface area contributed by atoms with E-state index >= 15 is 0 Å². The summed E-state index contributed by atoms with van der Waals surface area (Å²) < 4.78 is 10.1. The molecule has 8 heteroatoms. The topological polar surface area (TPSA) is 109 Å². The summed E-state index contributed by atoms with van der Waals surface area (Å²) >= 11 is 0. The van der Waals surface area contributed by atoms with Gasteiger partial charge in [-0.05, 0) is 6.42 Å². The van der Waals surface area contributed by atoms with Crippen LogP contribution in [0, 0.1) is 0 Å². The Morgan fingerprint density at radius 3 is 2.12 bits per heavy atom. The summed E-state index contributed by atoms with van der Waals surface area (Å²) in [6, 6.07) is 0. The number of carboxylic acid groups (broad SMARTS) is 1. The first-order valence-electron chi connectivity index (χ1n) is 4.81. The molecule has 0 heterocycles. The van der Waals surface area contributed by atoms with E-state index in [1.54, 1.807) is 0 Å². The minimum Gasteiger partial charge on any atom is -0.481 e. The first-order chi connectivity index (χ1) is 7.63. The van der Waals surface area contributed by atoms with Crippen LogP contribution in [-0.2, 0) is 19.1 Å². The molecule has 0 aliphatic carbocycles. The van der Waals surface area contributed by atoms with Gasteiger partial charge in [-0.15, -0.1) is 0 Å². The number of carbonyl (C=O) groups is 1. The van der Waals surface area contributed by atoms with Crippen LogP contribution < -0.4 is 0 Å². The van der Waals surface area contributed by atoms with Crippen LogP contribution in [0.5, 0.6) is 0 Å². The molecule has 0 aliphatic rings. The normalized spacial score (nSPS) is 10.9. The van der Waals surface area contributed by atoms with Crippen molar-refractivity contribution >= 4 is 5.97 Å². The summed E-state index contributed by atoms with van der Waals surface area (Å²) in [6.45, 7) is 1.31. The number of hydrogen-bond donors (Lipinski definition) is 3. The number of rotatable bonds is 11. The van der Waals surface area contributed by atoms with Crippen molar-refractivity contribution in [1.29, 1.82) is 0 Å². The molecule has 0 aromatic heterocycles. The van der Waals surface area contributed by atoms with Gasteiger partial charge >= 0.3 is 5.97 Å². The molecule has 0 unspecified atom stereocenters. The Morgan fingerprint density at radius 1 is 1.00 bits per heavy atom. The molecule has 0 bridgehead atoms. The van der Waals surface area contributed by atoms with Gasteiger partial charge in [0.2, 0.25) is 0 Å². The molecule has 8 nitrogen and oxygen atoms in total. The lowest BCUT2D eigenvalue weighted by atomic mass is 10.3. The van der Waals surface area contributed by atoms with Crippen LogP contribution in [0.3, 0.4) is 0 Å². The fourth-order valence-electron chi connectivity index (χ4n) is 0.825. The first-order valence-corrected chi connectivity index (χ1v) is 4.81. The van der Waals surface area contributed by atoms with E-state index in [0.717, 1.165) is 0 Å². The average molecular weight is 239 g/mol. The lowest BCUT2D eigenvalue weighted by molar-refractivity contribution is -0.493. The highest BCUT2D eigenvalue weighted by atomic mass is 17.1. The van der Waals surface area contributed by atoms with Crippen LogP contribution in [0.1, 0.15) is 12.8 Å². The summed E-state index contributed by atoms with van der Waals surface area (Å²) in [4.78, 5) is 14.3. The highest BCUT2D eigenvalue weighted by Crippen LogP contribution is 1.90. The van der Waals surface area contributed by atoms with Gasteiger partial charge in [0.1, 0.15) is 0 Å². The van der Waals surface area contributed by atoms with Crippen molar-refractivity contribution in [3.05, 3.63) is 0 Å². The second-order valence-electron chi connectivity index (χ2n) is 2.81. The van der Waals surface area contributed by atoms with Gasteiger partial charge in [-0.25, -0.2) is 4.84 Å². The van der Waals surface area contributed by atoms with Gasteiger partial charge in [-0.3, -0.25) is 15.2 Å². The van der Waals surface area contributed by atoms with Crippen LogP contribution in [-0.4, -0.2) is 59.9 Å². The zero-order chi connectivity index (χ0) is 12.2. The van der Waals surface area contributed by atoms with E-state index in [4.69, 9.17) is 25.0 Å². The lowest BCUT2D eigenvalue weighted by Crippen LogP contribution is -2.18. The van der Waals surface area contributed by atoms with E-state index in [1.165, 1.54) is 0 Å². The maximum atomic E-state index is 10.1. The van der Waals surface area contributed by atoms with E-state index < -0.39 is 5.97 Å². The first kappa shape index (κ1) is 15.2. The van der Waals surface area contributed by atoms with Crippen molar-refractivity contribution in [2.24, 2.45) is 0 Å². The summed E-state index contributed by atoms with van der Waals surface area (Å²) in [5.74, 6) is -0.838. The zero-order valence-corrected chi connectivity index (χ0v) is 8.87. The van der Waals surface area contributed by atoms with Gasteiger partial charge in [-0.2, -0.15) is 0 Å². The molecule has 0 aromatic rings. The maximum absolute atomic E-state index is 10.1. The molecule has 0 saturated heterocycles. The molecule has 0 aliphatic heterocycles. The van der Waals surface area contributed by atoms with Crippen molar-refractivity contribution in [3.8, 4) is 0 Å². The van der Waals surface area contributed by atoms with Crippen LogP contribution in [0.2, 0.25) is 0 Å². The Kier molecular flexibility index (Phi) is 10.2. The molecule has 0 atom stereocenters. The monoisotopic (exact) mass is 239 g/mol. The highest BCUT2D eigenvalue weighted by Gasteiger charge is 1.97. The molecule has 16 heavy (non-hydrogen) atoms. The smallest absolute Gasteiger partial charge is 0.303 e. The quantitative estimate of drug-likeness (QED) is 0.338. The van der Waals surface area contributed by atoms with Gasteiger partial charge < -0.3 is 14.6 Å². The lowest BCUT2D eigenvalue weighted by Gasteiger charge is -2.07. The minimum absolute atomic E-state index is 0.0199. The van der Waals surface area contributed by atoms with E-state index in [-0.39, 0.29) is 25.0 Å². The van der Waals surface area contributed by atoms with Crippen LogP contribution >= 0.6 is 0 Å². The van der Waals surface area contributed by atoms with Crippen molar-refractivity contribution in [1.82, 2.24) is 5.39 Å². The van der Waals surface area contributed by atoms with Crippen molar-refractivity contribution < 1.29 is 34.6 Å². The second-order valence-corrected chi connectivity index (χ2v) is 2.81. The highest BCUT2D eigenvalue weighted by molar-refractivity contribution is 5.66. The average Bonchev–Trinajstić information content (AvgIpc) is 2.20. The molecule has 0 spiro atoms. The molecule has 0 rings (SSSR count). The van der Waals surface area contributed by atoms with Crippen molar-refractivity contribution in [2.45, 2.75) is 12.8 Å². The third-order valence-corrected chi connectivity index (χ3v) is 1.49. The van der Waals surface area contributed by atoms with E-state index in [2.05, 4.69) is 4.84 Å². The molecule has 0 aromatic carbocycles. The van der Waals surface area contributed by atoms with Crippen LogP contribution in [0.15, 0.2) is 0 Å². The fourth-order valence-corrected chi connectivity index (χ4v) is 0.825.